The molecule has 3 heteroatoms. The number of thioether (sulfide) groups is 1. The van der Waals surface area contributed by atoms with Gasteiger partial charge in [-0.05, 0) is 36.9 Å². The fraction of sp³-hybridized carbons (Fsp3) is 0.200. The summed E-state index contributed by atoms with van der Waals surface area (Å²) in [6.45, 7) is 0.942. The van der Waals surface area contributed by atoms with Gasteiger partial charge in [0.2, 0.25) is 0 Å². The SMILES string of the molecule is CNCC(Sc1ccc(Cl)cc1)c1ccccc1. The maximum absolute atomic E-state index is 5.90. The van der Waals surface area contributed by atoms with Crippen molar-refractivity contribution in [3.05, 3.63) is 65.2 Å². The number of hydrogen-bond donors (Lipinski definition) is 1. The summed E-state index contributed by atoms with van der Waals surface area (Å²) >= 11 is 7.76. The standard InChI is InChI=1S/C15H16ClNS/c1-17-11-15(12-5-3-2-4-6-12)18-14-9-7-13(16)8-10-14/h2-10,15,17H,11H2,1H3. The predicted octanol–water partition coefficient (Wildman–Crippen LogP) is 4.39. The number of benzene rings is 2. The zero-order valence-electron chi connectivity index (χ0n) is 10.3. The van der Waals surface area contributed by atoms with Crippen LogP contribution in [-0.4, -0.2) is 13.6 Å². The molecule has 2 rings (SSSR count). The van der Waals surface area contributed by atoms with Crippen LogP contribution in [0.5, 0.6) is 0 Å². The zero-order chi connectivity index (χ0) is 12.8. The quantitative estimate of drug-likeness (QED) is 0.814. The molecule has 2 aromatic carbocycles. The van der Waals surface area contributed by atoms with Crippen LogP contribution in [0.3, 0.4) is 0 Å². The third kappa shape index (κ3) is 3.77. The molecule has 0 radical (unpaired) electrons. The lowest BCUT2D eigenvalue weighted by molar-refractivity contribution is 0.778. The maximum Gasteiger partial charge on any atom is 0.0468 e. The van der Waals surface area contributed by atoms with Crippen molar-refractivity contribution < 1.29 is 0 Å². The second-order valence-electron chi connectivity index (χ2n) is 4.03. The van der Waals surface area contributed by atoms with Crippen molar-refractivity contribution in [3.8, 4) is 0 Å². The van der Waals surface area contributed by atoms with Crippen LogP contribution < -0.4 is 5.32 Å². The average molecular weight is 278 g/mol. The van der Waals surface area contributed by atoms with Crippen LogP contribution in [0, 0.1) is 0 Å². The van der Waals surface area contributed by atoms with Gasteiger partial charge in [-0.2, -0.15) is 0 Å². The van der Waals surface area contributed by atoms with Gasteiger partial charge in [0.05, 0.1) is 0 Å². The fourth-order valence-electron chi connectivity index (χ4n) is 1.76. The van der Waals surface area contributed by atoms with Crippen molar-refractivity contribution in [3.63, 3.8) is 0 Å². The summed E-state index contributed by atoms with van der Waals surface area (Å²) in [6.07, 6.45) is 0. The minimum absolute atomic E-state index is 0.414. The van der Waals surface area contributed by atoms with Crippen LogP contribution in [0.25, 0.3) is 0 Å². The Morgan fingerprint density at radius 2 is 1.72 bits per heavy atom. The van der Waals surface area contributed by atoms with Crippen molar-refractivity contribution >= 4 is 23.4 Å². The van der Waals surface area contributed by atoms with Crippen molar-refractivity contribution in [2.75, 3.05) is 13.6 Å². The number of halogens is 1. The van der Waals surface area contributed by atoms with E-state index in [1.807, 2.05) is 37.0 Å². The van der Waals surface area contributed by atoms with Gasteiger partial charge in [-0.25, -0.2) is 0 Å². The molecule has 2 aromatic rings. The summed E-state index contributed by atoms with van der Waals surface area (Å²) in [5.41, 5.74) is 1.34. The van der Waals surface area contributed by atoms with Crippen molar-refractivity contribution in [1.29, 1.82) is 0 Å². The van der Waals surface area contributed by atoms with E-state index in [0.717, 1.165) is 11.6 Å². The molecule has 0 spiro atoms. The summed E-state index contributed by atoms with van der Waals surface area (Å²) in [5.74, 6) is 0. The summed E-state index contributed by atoms with van der Waals surface area (Å²) in [6, 6.07) is 18.6. The van der Waals surface area contributed by atoms with E-state index in [0.29, 0.717) is 5.25 Å². The van der Waals surface area contributed by atoms with Gasteiger partial charge in [0.15, 0.2) is 0 Å². The first-order chi connectivity index (χ1) is 8.79. The first-order valence-electron chi connectivity index (χ1n) is 5.91. The molecule has 0 heterocycles. The Hall–Kier alpha value is -0.960. The normalized spacial score (nSPS) is 12.3. The third-order valence-corrected chi connectivity index (χ3v) is 4.17. The largest absolute Gasteiger partial charge is 0.318 e. The van der Waals surface area contributed by atoms with Crippen LogP contribution >= 0.6 is 23.4 Å². The van der Waals surface area contributed by atoms with Gasteiger partial charge in [-0.3, -0.25) is 0 Å². The van der Waals surface area contributed by atoms with E-state index in [2.05, 4.69) is 41.7 Å². The number of hydrogen-bond acceptors (Lipinski definition) is 2. The first-order valence-corrected chi connectivity index (χ1v) is 7.17. The van der Waals surface area contributed by atoms with Gasteiger partial charge in [-0.15, -0.1) is 11.8 Å². The van der Waals surface area contributed by atoms with Crippen LogP contribution in [0.15, 0.2) is 59.5 Å². The molecule has 1 nitrogen and oxygen atoms in total. The molecular formula is C15H16ClNS. The lowest BCUT2D eigenvalue weighted by atomic mass is 10.1. The van der Waals surface area contributed by atoms with Gasteiger partial charge in [0.25, 0.3) is 0 Å². The highest BCUT2D eigenvalue weighted by molar-refractivity contribution is 7.99. The fourth-order valence-corrected chi connectivity index (χ4v) is 3.05. The molecule has 0 aliphatic rings. The molecule has 0 aliphatic carbocycles. The summed E-state index contributed by atoms with van der Waals surface area (Å²) < 4.78 is 0. The Balaban J connectivity index is 2.14. The molecule has 0 amide bonds. The van der Waals surface area contributed by atoms with Gasteiger partial charge < -0.3 is 5.32 Å². The molecule has 1 unspecified atom stereocenters. The van der Waals surface area contributed by atoms with Crippen LogP contribution in [0.1, 0.15) is 10.8 Å². The predicted molar refractivity (Wildman–Crippen MR) is 80.4 cm³/mol. The molecule has 0 saturated heterocycles. The van der Waals surface area contributed by atoms with Crippen LogP contribution in [0.4, 0.5) is 0 Å². The molecular weight excluding hydrogens is 262 g/mol. The minimum Gasteiger partial charge on any atom is -0.318 e. The highest BCUT2D eigenvalue weighted by Gasteiger charge is 2.11. The lowest BCUT2D eigenvalue weighted by Gasteiger charge is -2.16. The van der Waals surface area contributed by atoms with Gasteiger partial charge >= 0.3 is 0 Å². The molecule has 1 N–H and O–H groups in total. The highest BCUT2D eigenvalue weighted by atomic mass is 35.5. The maximum atomic E-state index is 5.90. The Kier molecular flexibility index (Phi) is 5.12. The Morgan fingerprint density at radius 1 is 1.06 bits per heavy atom. The first kappa shape index (κ1) is 13.5. The number of nitrogens with one attached hydrogen (secondary N) is 1. The van der Waals surface area contributed by atoms with E-state index in [1.54, 1.807) is 0 Å². The molecule has 0 saturated carbocycles. The molecule has 0 aliphatic heterocycles. The third-order valence-electron chi connectivity index (χ3n) is 2.65. The van der Waals surface area contributed by atoms with Crippen LogP contribution in [0.2, 0.25) is 5.02 Å². The van der Waals surface area contributed by atoms with Crippen molar-refractivity contribution in [2.24, 2.45) is 0 Å². The molecule has 0 aromatic heterocycles. The smallest absolute Gasteiger partial charge is 0.0468 e. The minimum atomic E-state index is 0.414. The van der Waals surface area contributed by atoms with E-state index >= 15 is 0 Å². The van der Waals surface area contributed by atoms with Crippen molar-refractivity contribution in [2.45, 2.75) is 10.1 Å². The second kappa shape index (κ2) is 6.83. The van der Waals surface area contributed by atoms with Crippen LogP contribution in [-0.2, 0) is 0 Å². The summed E-state index contributed by atoms with van der Waals surface area (Å²) in [4.78, 5) is 1.24. The topological polar surface area (TPSA) is 12.0 Å². The van der Waals surface area contributed by atoms with E-state index in [-0.39, 0.29) is 0 Å². The van der Waals surface area contributed by atoms with E-state index in [9.17, 15) is 0 Å². The number of likely N-dealkylation sites (N-methyl/N-ethyl adjacent to an activating group) is 1. The van der Waals surface area contributed by atoms with Gasteiger partial charge in [0, 0.05) is 21.7 Å². The molecule has 18 heavy (non-hydrogen) atoms. The summed E-state index contributed by atoms with van der Waals surface area (Å²) in [7, 11) is 1.98. The number of rotatable bonds is 5. The second-order valence-corrected chi connectivity index (χ2v) is 5.74. The lowest BCUT2D eigenvalue weighted by Crippen LogP contribution is -2.14. The Labute approximate surface area is 118 Å². The van der Waals surface area contributed by atoms with Gasteiger partial charge in [0.1, 0.15) is 0 Å². The van der Waals surface area contributed by atoms with E-state index < -0.39 is 0 Å². The molecule has 94 valence electrons. The van der Waals surface area contributed by atoms with E-state index in [1.165, 1.54) is 10.5 Å². The molecule has 0 fully saturated rings. The van der Waals surface area contributed by atoms with E-state index in [4.69, 9.17) is 11.6 Å². The Bertz CT molecular complexity index is 470. The molecule has 0 bridgehead atoms. The average Bonchev–Trinajstić information content (AvgIpc) is 2.42. The highest BCUT2D eigenvalue weighted by Crippen LogP contribution is 2.34. The van der Waals surface area contributed by atoms with Crippen molar-refractivity contribution in [1.82, 2.24) is 5.32 Å². The summed E-state index contributed by atoms with van der Waals surface area (Å²) in [5, 5.41) is 4.45. The Morgan fingerprint density at radius 3 is 2.33 bits per heavy atom. The molecule has 1 atom stereocenters. The van der Waals surface area contributed by atoms with Gasteiger partial charge in [-0.1, -0.05) is 41.9 Å². The zero-order valence-corrected chi connectivity index (χ0v) is 11.8. The monoisotopic (exact) mass is 277 g/mol.